The van der Waals surface area contributed by atoms with Crippen LogP contribution in [0.2, 0.25) is 0 Å². The zero-order valence-corrected chi connectivity index (χ0v) is 17.7. The average Bonchev–Trinajstić information content (AvgIpc) is 3.03. The Morgan fingerprint density at radius 2 is 1.45 bits per heavy atom. The van der Waals surface area contributed by atoms with E-state index in [1.165, 1.54) is 23.6 Å². The van der Waals surface area contributed by atoms with Crippen molar-refractivity contribution in [1.29, 1.82) is 0 Å². The van der Waals surface area contributed by atoms with Gasteiger partial charge in [-0.1, -0.05) is 60.7 Å². The number of thioether (sulfide) groups is 1. The summed E-state index contributed by atoms with van der Waals surface area (Å²) in [5.74, 6) is -0.267. The molecule has 0 unspecified atom stereocenters. The first-order valence-corrected chi connectivity index (χ1v) is 10.8. The van der Waals surface area contributed by atoms with Crippen LogP contribution in [0.5, 0.6) is 0 Å². The van der Waals surface area contributed by atoms with Crippen LogP contribution < -0.4 is 10.2 Å². The van der Waals surface area contributed by atoms with Crippen LogP contribution >= 0.6 is 11.8 Å². The Balaban J connectivity index is 1.71. The third kappa shape index (κ3) is 4.44. The third-order valence-electron chi connectivity index (χ3n) is 4.78. The number of hydrogen-bond acceptors (Lipinski definition) is 4. The Morgan fingerprint density at radius 3 is 2.06 bits per heavy atom. The van der Waals surface area contributed by atoms with Crippen molar-refractivity contribution in [3.8, 4) is 0 Å². The van der Waals surface area contributed by atoms with E-state index in [-0.39, 0.29) is 17.7 Å². The molecule has 5 nitrogen and oxygen atoms in total. The summed E-state index contributed by atoms with van der Waals surface area (Å²) in [4.78, 5) is 39.6. The minimum Gasteiger partial charge on any atom is -0.326 e. The molecule has 0 saturated heterocycles. The molecular weight excluding hydrogens is 408 g/mol. The lowest BCUT2D eigenvalue weighted by Crippen LogP contribution is -2.31. The van der Waals surface area contributed by atoms with Gasteiger partial charge in [0.25, 0.3) is 11.8 Å². The summed E-state index contributed by atoms with van der Waals surface area (Å²) in [6, 6.07) is 25.7. The van der Waals surface area contributed by atoms with Crippen molar-refractivity contribution in [3.63, 3.8) is 0 Å². The van der Waals surface area contributed by atoms with E-state index in [0.29, 0.717) is 33.2 Å². The molecule has 1 N–H and O–H groups in total. The number of nitrogens with zero attached hydrogens (tertiary/aromatic N) is 1. The first kappa shape index (κ1) is 20.6. The van der Waals surface area contributed by atoms with E-state index >= 15 is 0 Å². The predicted molar refractivity (Wildman–Crippen MR) is 124 cm³/mol. The number of carbonyl (C=O) groups is 3. The molecule has 1 heterocycles. The molecular formula is C25H20N2O3S. The summed E-state index contributed by atoms with van der Waals surface area (Å²) < 4.78 is 0. The number of hydrogen-bond donors (Lipinski definition) is 1. The molecule has 0 spiro atoms. The Labute approximate surface area is 184 Å². The summed E-state index contributed by atoms with van der Waals surface area (Å²) in [5, 5.41) is 2.71. The number of benzene rings is 3. The molecule has 0 aromatic heterocycles. The number of imide groups is 1. The third-order valence-corrected chi connectivity index (χ3v) is 5.92. The first-order valence-electron chi connectivity index (χ1n) is 9.77. The summed E-state index contributed by atoms with van der Waals surface area (Å²) in [5.41, 5.74) is 3.26. The number of anilines is 2. The molecule has 0 saturated carbocycles. The monoisotopic (exact) mass is 428 g/mol. The smallest absolute Gasteiger partial charge is 0.272 e. The SMILES string of the molecule is CC(=O)Nc1ccc(C2=C(SCc3ccccc3)C(=O)N(c3ccccc3)C2=O)cc1. The standard InChI is InChI=1S/C25H20N2O3S/c1-17(28)26-20-14-12-19(13-15-20)22-23(31-16-18-8-4-2-5-9-18)25(30)27(24(22)29)21-10-6-3-7-11-21/h2-15H,16H2,1H3,(H,26,28). The van der Waals surface area contributed by atoms with Gasteiger partial charge in [0.05, 0.1) is 16.2 Å². The average molecular weight is 429 g/mol. The van der Waals surface area contributed by atoms with Crippen molar-refractivity contribution in [3.05, 3.63) is 101 Å². The van der Waals surface area contributed by atoms with E-state index in [1.807, 2.05) is 36.4 Å². The highest BCUT2D eigenvalue weighted by Crippen LogP contribution is 2.39. The van der Waals surface area contributed by atoms with Gasteiger partial charge in [-0.25, -0.2) is 4.90 Å². The normalized spacial score (nSPS) is 13.6. The second kappa shape index (κ2) is 9.02. The zero-order valence-electron chi connectivity index (χ0n) is 16.9. The minimum absolute atomic E-state index is 0.173. The molecule has 3 aromatic rings. The van der Waals surface area contributed by atoms with Gasteiger partial charge < -0.3 is 5.32 Å². The summed E-state index contributed by atoms with van der Waals surface area (Å²) in [6.45, 7) is 1.44. The summed E-state index contributed by atoms with van der Waals surface area (Å²) >= 11 is 1.36. The molecule has 1 aliphatic rings. The van der Waals surface area contributed by atoms with Gasteiger partial charge in [0.2, 0.25) is 5.91 Å². The number of nitrogens with one attached hydrogen (secondary N) is 1. The molecule has 6 heteroatoms. The van der Waals surface area contributed by atoms with Crippen molar-refractivity contribution in [2.75, 3.05) is 10.2 Å². The fraction of sp³-hybridized carbons (Fsp3) is 0.0800. The highest BCUT2D eigenvalue weighted by Gasteiger charge is 2.40. The van der Waals surface area contributed by atoms with Crippen LogP contribution in [0.25, 0.3) is 5.57 Å². The second-order valence-corrected chi connectivity index (χ2v) is 8.00. The number of para-hydroxylation sites is 1. The van der Waals surface area contributed by atoms with Crippen molar-refractivity contribution in [1.82, 2.24) is 0 Å². The van der Waals surface area contributed by atoms with Gasteiger partial charge in [0.1, 0.15) is 0 Å². The topological polar surface area (TPSA) is 66.5 Å². The number of rotatable bonds is 6. The van der Waals surface area contributed by atoms with Gasteiger partial charge in [0.15, 0.2) is 0 Å². The molecule has 0 fully saturated rings. The van der Waals surface area contributed by atoms with E-state index in [1.54, 1.807) is 48.5 Å². The van der Waals surface area contributed by atoms with Crippen molar-refractivity contribution in [2.24, 2.45) is 0 Å². The first-order chi connectivity index (χ1) is 15.0. The molecule has 4 rings (SSSR count). The highest BCUT2D eigenvalue weighted by atomic mass is 32.2. The molecule has 0 aliphatic carbocycles. The Kier molecular flexibility index (Phi) is 6.00. The molecule has 0 radical (unpaired) electrons. The van der Waals surface area contributed by atoms with E-state index in [2.05, 4.69) is 5.32 Å². The van der Waals surface area contributed by atoms with Gasteiger partial charge in [0, 0.05) is 18.4 Å². The van der Waals surface area contributed by atoms with Gasteiger partial charge in [-0.05, 0) is 35.4 Å². The van der Waals surface area contributed by atoms with Crippen LogP contribution in [0.15, 0.2) is 89.8 Å². The lowest BCUT2D eigenvalue weighted by atomic mass is 10.1. The zero-order chi connectivity index (χ0) is 21.8. The molecule has 3 aromatic carbocycles. The lowest BCUT2D eigenvalue weighted by Gasteiger charge is -2.15. The van der Waals surface area contributed by atoms with Gasteiger partial charge in [-0.3, -0.25) is 14.4 Å². The fourth-order valence-electron chi connectivity index (χ4n) is 3.36. The van der Waals surface area contributed by atoms with Gasteiger partial charge in [-0.15, -0.1) is 11.8 Å². The Morgan fingerprint density at radius 1 is 0.839 bits per heavy atom. The predicted octanol–water partition coefficient (Wildman–Crippen LogP) is 4.86. The Hall–Kier alpha value is -3.64. The maximum absolute atomic E-state index is 13.4. The second-order valence-electron chi connectivity index (χ2n) is 7.02. The van der Waals surface area contributed by atoms with Crippen molar-refractivity contribution in [2.45, 2.75) is 12.7 Å². The summed E-state index contributed by atoms with van der Waals surface area (Å²) in [7, 11) is 0. The molecule has 154 valence electrons. The van der Waals surface area contributed by atoms with Crippen LogP contribution in [0, 0.1) is 0 Å². The molecule has 31 heavy (non-hydrogen) atoms. The van der Waals surface area contributed by atoms with E-state index in [0.717, 1.165) is 5.56 Å². The molecule has 3 amide bonds. The van der Waals surface area contributed by atoms with Crippen molar-refractivity contribution >= 4 is 46.4 Å². The molecule has 0 atom stereocenters. The quantitative estimate of drug-likeness (QED) is 0.569. The Bertz CT molecular complexity index is 1160. The highest BCUT2D eigenvalue weighted by molar-refractivity contribution is 8.03. The van der Waals surface area contributed by atoms with Crippen LogP contribution in [-0.4, -0.2) is 17.7 Å². The minimum atomic E-state index is -0.348. The van der Waals surface area contributed by atoms with E-state index in [4.69, 9.17) is 0 Å². The van der Waals surface area contributed by atoms with E-state index < -0.39 is 0 Å². The molecule has 0 bridgehead atoms. The maximum Gasteiger partial charge on any atom is 0.272 e. The number of amides is 3. The van der Waals surface area contributed by atoms with Crippen molar-refractivity contribution < 1.29 is 14.4 Å². The van der Waals surface area contributed by atoms with E-state index in [9.17, 15) is 14.4 Å². The largest absolute Gasteiger partial charge is 0.326 e. The molecule has 1 aliphatic heterocycles. The van der Waals surface area contributed by atoms with Gasteiger partial charge in [-0.2, -0.15) is 0 Å². The lowest BCUT2D eigenvalue weighted by molar-refractivity contribution is -0.120. The fourth-order valence-corrected chi connectivity index (χ4v) is 4.43. The maximum atomic E-state index is 13.4. The van der Waals surface area contributed by atoms with Crippen LogP contribution in [0.3, 0.4) is 0 Å². The van der Waals surface area contributed by atoms with Gasteiger partial charge >= 0.3 is 0 Å². The van der Waals surface area contributed by atoms with Crippen LogP contribution in [0.4, 0.5) is 11.4 Å². The number of carbonyl (C=O) groups excluding carboxylic acids is 3. The van der Waals surface area contributed by atoms with Crippen LogP contribution in [0.1, 0.15) is 18.1 Å². The summed E-state index contributed by atoms with van der Waals surface area (Å²) in [6.07, 6.45) is 0. The van der Waals surface area contributed by atoms with Crippen LogP contribution in [-0.2, 0) is 20.1 Å².